The van der Waals surface area contributed by atoms with Gasteiger partial charge in [0.25, 0.3) is 5.91 Å². The summed E-state index contributed by atoms with van der Waals surface area (Å²) in [4.78, 5) is 12.7. The van der Waals surface area contributed by atoms with Crippen LogP contribution in [0.3, 0.4) is 0 Å². The minimum absolute atomic E-state index is 0.0460. The standard InChI is InChI=1S/C19H22BrN3O/c1-12-6-7-16(23-17-10-21-11-17)9-18(12)19(24)22-13(2)14-4-3-5-15(20)8-14/h3-9,13,17,21,23H,10-11H2,1-2H3,(H,22,24)/t13-/m1/s1. The van der Waals surface area contributed by atoms with E-state index in [4.69, 9.17) is 0 Å². The number of rotatable bonds is 5. The van der Waals surface area contributed by atoms with E-state index in [0.29, 0.717) is 11.6 Å². The van der Waals surface area contributed by atoms with Crippen molar-refractivity contribution in [2.24, 2.45) is 0 Å². The molecule has 126 valence electrons. The fourth-order valence-electron chi connectivity index (χ4n) is 2.72. The summed E-state index contributed by atoms with van der Waals surface area (Å²) in [5, 5.41) is 9.77. The van der Waals surface area contributed by atoms with Gasteiger partial charge in [0.1, 0.15) is 0 Å². The molecular formula is C19H22BrN3O. The molecule has 0 saturated carbocycles. The van der Waals surface area contributed by atoms with E-state index in [-0.39, 0.29) is 11.9 Å². The van der Waals surface area contributed by atoms with Crippen molar-refractivity contribution in [2.45, 2.75) is 25.9 Å². The van der Waals surface area contributed by atoms with Gasteiger partial charge in [0.15, 0.2) is 0 Å². The predicted octanol–water partition coefficient (Wildman–Crippen LogP) is 3.63. The lowest BCUT2D eigenvalue weighted by Crippen LogP contribution is -2.51. The highest BCUT2D eigenvalue weighted by molar-refractivity contribution is 9.10. The molecule has 0 aromatic heterocycles. The Morgan fingerprint density at radius 2 is 2.04 bits per heavy atom. The molecule has 3 N–H and O–H groups in total. The molecule has 1 amide bonds. The molecule has 5 heteroatoms. The van der Waals surface area contributed by atoms with Crippen molar-refractivity contribution in [3.63, 3.8) is 0 Å². The highest BCUT2D eigenvalue weighted by atomic mass is 79.9. The average molecular weight is 388 g/mol. The Balaban J connectivity index is 1.72. The van der Waals surface area contributed by atoms with E-state index in [1.165, 1.54) is 0 Å². The van der Waals surface area contributed by atoms with Gasteiger partial charge in [0, 0.05) is 28.8 Å². The number of halogens is 1. The van der Waals surface area contributed by atoms with E-state index >= 15 is 0 Å². The van der Waals surface area contributed by atoms with E-state index in [9.17, 15) is 4.79 Å². The number of carbonyl (C=O) groups is 1. The van der Waals surface area contributed by atoms with Crippen molar-refractivity contribution < 1.29 is 4.79 Å². The second-order valence-electron chi connectivity index (χ2n) is 6.28. The molecular weight excluding hydrogens is 366 g/mol. The van der Waals surface area contributed by atoms with Crippen molar-refractivity contribution in [1.82, 2.24) is 10.6 Å². The van der Waals surface area contributed by atoms with Crippen LogP contribution in [0.4, 0.5) is 5.69 Å². The number of hydrogen-bond acceptors (Lipinski definition) is 3. The summed E-state index contributed by atoms with van der Waals surface area (Å²) in [6.45, 7) is 5.90. The van der Waals surface area contributed by atoms with Crippen LogP contribution in [0.5, 0.6) is 0 Å². The van der Waals surface area contributed by atoms with Crippen LogP contribution in [0.2, 0.25) is 0 Å². The van der Waals surface area contributed by atoms with Crippen molar-refractivity contribution in [2.75, 3.05) is 18.4 Å². The third-order valence-electron chi connectivity index (χ3n) is 4.33. The lowest BCUT2D eigenvalue weighted by molar-refractivity contribution is 0.0939. The minimum Gasteiger partial charge on any atom is -0.380 e. The molecule has 1 aliphatic rings. The molecule has 0 bridgehead atoms. The first-order chi connectivity index (χ1) is 11.5. The number of nitrogens with one attached hydrogen (secondary N) is 3. The van der Waals surface area contributed by atoms with Crippen LogP contribution in [0, 0.1) is 6.92 Å². The maximum atomic E-state index is 12.7. The van der Waals surface area contributed by atoms with E-state index in [1.807, 2.05) is 56.3 Å². The Labute approximate surface area is 151 Å². The summed E-state index contributed by atoms with van der Waals surface area (Å²) in [5.74, 6) is -0.0460. The van der Waals surface area contributed by atoms with E-state index in [1.54, 1.807) is 0 Å². The van der Waals surface area contributed by atoms with Gasteiger partial charge >= 0.3 is 0 Å². The topological polar surface area (TPSA) is 53.2 Å². The second-order valence-corrected chi connectivity index (χ2v) is 7.20. The van der Waals surface area contributed by atoms with Crippen LogP contribution in [-0.2, 0) is 0 Å². The quantitative estimate of drug-likeness (QED) is 0.733. The number of benzene rings is 2. The normalized spacial score (nSPS) is 15.5. The molecule has 1 aliphatic heterocycles. The highest BCUT2D eigenvalue weighted by Crippen LogP contribution is 2.21. The van der Waals surface area contributed by atoms with Crippen molar-refractivity contribution >= 4 is 27.5 Å². The Hall–Kier alpha value is -1.85. The average Bonchev–Trinajstić information content (AvgIpc) is 2.52. The molecule has 24 heavy (non-hydrogen) atoms. The SMILES string of the molecule is Cc1ccc(NC2CNC2)cc1C(=O)N[C@H](C)c1cccc(Br)c1. The molecule has 1 atom stereocenters. The van der Waals surface area contributed by atoms with Gasteiger partial charge in [-0.25, -0.2) is 0 Å². The largest absolute Gasteiger partial charge is 0.380 e. The molecule has 3 rings (SSSR count). The van der Waals surface area contributed by atoms with Crippen LogP contribution in [0.25, 0.3) is 0 Å². The maximum Gasteiger partial charge on any atom is 0.252 e. The smallest absolute Gasteiger partial charge is 0.252 e. The van der Waals surface area contributed by atoms with Crippen molar-refractivity contribution in [3.05, 3.63) is 63.6 Å². The van der Waals surface area contributed by atoms with Crippen molar-refractivity contribution in [1.29, 1.82) is 0 Å². The van der Waals surface area contributed by atoms with E-state index in [0.717, 1.165) is 34.4 Å². The van der Waals surface area contributed by atoms with Gasteiger partial charge < -0.3 is 16.0 Å². The zero-order valence-corrected chi connectivity index (χ0v) is 15.5. The summed E-state index contributed by atoms with van der Waals surface area (Å²) in [5.41, 5.74) is 3.76. The van der Waals surface area contributed by atoms with Crippen LogP contribution >= 0.6 is 15.9 Å². The Kier molecular flexibility index (Phi) is 5.21. The number of aryl methyl sites for hydroxylation is 1. The molecule has 1 heterocycles. The van der Waals surface area contributed by atoms with E-state index in [2.05, 4.69) is 31.9 Å². The number of carbonyl (C=O) groups excluding carboxylic acids is 1. The number of hydrogen-bond donors (Lipinski definition) is 3. The summed E-state index contributed by atoms with van der Waals surface area (Å²) in [6, 6.07) is 14.4. The molecule has 0 aliphatic carbocycles. The van der Waals surface area contributed by atoms with E-state index < -0.39 is 0 Å². The fourth-order valence-corrected chi connectivity index (χ4v) is 3.13. The Bertz CT molecular complexity index is 743. The maximum absolute atomic E-state index is 12.7. The van der Waals surface area contributed by atoms with Crippen LogP contribution in [-0.4, -0.2) is 25.0 Å². The van der Waals surface area contributed by atoms with Gasteiger partial charge in [0.2, 0.25) is 0 Å². The fraction of sp³-hybridized carbons (Fsp3) is 0.316. The van der Waals surface area contributed by atoms with Gasteiger partial charge in [-0.1, -0.05) is 34.1 Å². The van der Waals surface area contributed by atoms with Crippen LogP contribution in [0.15, 0.2) is 46.9 Å². The molecule has 4 nitrogen and oxygen atoms in total. The number of amides is 1. The second kappa shape index (κ2) is 7.36. The zero-order valence-electron chi connectivity index (χ0n) is 13.9. The third kappa shape index (κ3) is 3.97. The Morgan fingerprint density at radius 3 is 2.71 bits per heavy atom. The van der Waals surface area contributed by atoms with Gasteiger partial charge in [-0.15, -0.1) is 0 Å². The van der Waals surface area contributed by atoms with Gasteiger partial charge in [-0.2, -0.15) is 0 Å². The van der Waals surface area contributed by atoms with Gasteiger partial charge in [-0.3, -0.25) is 4.79 Å². The first-order valence-corrected chi connectivity index (χ1v) is 8.96. The van der Waals surface area contributed by atoms with Gasteiger partial charge in [-0.05, 0) is 49.2 Å². The Morgan fingerprint density at radius 1 is 1.25 bits per heavy atom. The lowest BCUT2D eigenvalue weighted by Gasteiger charge is -2.29. The molecule has 2 aromatic rings. The van der Waals surface area contributed by atoms with Crippen molar-refractivity contribution in [3.8, 4) is 0 Å². The lowest BCUT2D eigenvalue weighted by atomic mass is 10.0. The zero-order chi connectivity index (χ0) is 17.1. The first kappa shape index (κ1) is 17.0. The molecule has 1 saturated heterocycles. The van der Waals surface area contributed by atoms with Gasteiger partial charge in [0.05, 0.1) is 12.1 Å². The summed E-state index contributed by atoms with van der Waals surface area (Å²) < 4.78 is 1.01. The first-order valence-electron chi connectivity index (χ1n) is 8.17. The predicted molar refractivity (Wildman–Crippen MR) is 101 cm³/mol. The highest BCUT2D eigenvalue weighted by Gasteiger charge is 2.18. The summed E-state index contributed by atoms with van der Waals surface area (Å²) in [6.07, 6.45) is 0. The minimum atomic E-state index is -0.0538. The molecule has 0 radical (unpaired) electrons. The molecule has 0 unspecified atom stereocenters. The third-order valence-corrected chi connectivity index (χ3v) is 4.82. The van der Waals surface area contributed by atoms with Crippen LogP contribution < -0.4 is 16.0 Å². The van der Waals surface area contributed by atoms with Crippen LogP contribution in [0.1, 0.15) is 34.5 Å². The molecule has 0 spiro atoms. The summed E-state index contributed by atoms with van der Waals surface area (Å²) in [7, 11) is 0. The molecule has 2 aromatic carbocycles. The molecule has 1 fully saturated rings. The number of anilines is 1. The summed E-state index contributed by atoms with van der Waals surface area (Å²) >= 11 is 3.47. The monoisotopic (exact) mass is 387 g/mol.